The van der Waals surface area contributed by atoms with Crippen molar-refractivity contribution in [3.8, 4) is 0 Å². The molecule has 1 atom stereocenters. The number of hydrogen-bond acceptors (Lipinski definition) is 3. The second-order valence-electron chi connectivity index (χ2n) is 4.63. The van der Waals surface area contributed by atoms with Gasteiger partial charge in [-0.15, -0.1) is 0 Å². The minimum atomic E-state index is 0.186. The third kappa shape index (κ3) is 1.86. The highest BCUT2D eigenvalue weighted by Crippen LogP contribution is 2.31. The van der Waals surface area contributed by atoms with Crippen LogP contribution in [0, 0.1) is 5.92 Å². The van der Waals surface area contributed by atoms with E-state index in [1.165, 1.54) is 0 Å². The molecule has 2 heterocycles. The molecule has 4 heteroatoms. The van der Waals surface area contributed by atoms with Gasteiger partial charge in [-0.3, -0.25) is 9.78 Å². The molecule has 1 unspecified atom stereocenters. The Bertz CT molecular complexity index is 594. The van der Waals surface area contributed by atoms with Gasteiger partial charge in [0.05, 0.1) is 5.69 Å². The number of benzene rings is 1. The zero-order chi connectivity index (χ0) is 12.5. The number of fused-ring (bicyclic) bond motifs is 1. The standard InChI is InChI=1S/C14H14N2OS/c17-14-6-10(9-18)8-16(14)13-3-1-2-11-4-5-15-7-12(11)13/h1-5,7,10,18H,6,8-9H2. The normalized spacial score (nSPS) is 19.7. The van der Waals surface area contributed by atoms with Crippen LogP contribution in [-0.4, -0.2) is 23.2 Å². The SMILES string of the molecule is O=C1CC(CS)CN1c1cccc2ccncc12. The van der Waals surface area contributed by atoms with E-state index in [1.54, 1.807) is 6.20 Å². The Morgan fingerprint density at radius 2 is 2.28 bits per heavy atom. The van der Waals surface area contributed by atoms with Gasteiger partial charge in [-0.1, -0.05) is 12.1 Å². The molecule has 1 fully saturated rings. The largest absolute Gasteiger partial charge is 0.311 e. The minimum absolute atomic E-state index is 0.186. The number of thiol groups is 1. The van der Waals surface area contributed by atoms with E-state index in [2.05, 4.69) is 17.6 Å². The summed E-state index contributed by atoms with van der Waals surface area (Å²) in [6.45, 7) is 0.760. The van der Waals surface area contributed by atoms with E-state index >= 15 is 0 Å². The lowest BCUT2D eigenvalue weighted by atomic mass is 10.1. The summed E-state index contributed by atoms with van der Waals surface area (Å²) in [5.74, 6) is 1.30. The number of amides is 1. The maximum atomic E-state index is 12.1. The van der Waals surface area contributed by atoms with Crippen LogP contribution < -0.4 is 4.90 Å². The number of aromatic nitrogens is 1. The molecule has 0 spiro atoms. The van der Waals surface area contributed by atoms with Crippen molar-refractivity contribution < 1.29 is 4.79 Å². The molecular weight excluding hydrogens is 244 g/mol. The predicted octanol–water partition coefficient (Wildman–Crippen LogP) is 2.52. The molecule has 1 aliphatic rings. The van der Waals surface area contributed by atoms with Gasteiger partial charge in [-0.05, 0) is 29.2 Å². The second kappa shape index (κ2) is 4.61. The van der Waals surface area contributed by atoms with Gasteiger partial charge < -0.3 is 4.90 Å². The number of hydrogen-bond donors (Lipinski definition) is 1. The quantitative estimate of drug-likeness (QED) is 0.840. The fraction of sp³-hybridized carbons (Fsp3) is 0.286. The third-order valence-corrected chi connectivity index (χ3v) is 3.93. The molecule has 0 aliphatic carbocycles. The Morgan fingerprint density at radius 3 is 3.06 bits per heavy atom. The second-order valence-corrected chi connectivity index (χ2v) is 5.00. The average molecular weight is 258 g/mol. The Hall–Kier alpha value is -1.55. The fourth-order valence-electron chi connectivity index (χ4n) is 2.47. The molecule has 1 saturated heterocycles. The number of nitrogens with zero attached hydrogens (tertiary/aromatic N) is 2. The summed E-state index contributed by atoms with van der Waals surface area (Å²) in [6, 6.07) is 7.98. The first-order chi connectivity index (χ1) is 8.79. The molecule has 1 aromatic heterocycles. The van der Waals surface area contributed by atoms with Crippen molar-refractivity contribution in [1.29, 1.82) is 0 Å². The summed E-state index contributed by atoms with van der Waals surface area (Å²) in [4.78, 5) is 18.1. The summed E-state index contributed by atoms with van der Waals surface area (Å²) >= 11 is 4.29. The Kier molecular flexibility index (Phi) is 2.96. The van der Waals surface area contributed by atoms with E-state index in [-0.39, 0.29) is 5.91 Å². The van der Waals surface area contributed by atoms with Crippen molar-refractivity contribution >= 4 is 35.0 Å². The Balaban J connectivity index is 2.07. The van der Waals surface area contributed by atoms with Gasteiger partial charge in [0.1, 0.15) is 0 Å². The predicted molar refractivity (Wildman–Crippen MR) is 76.1 cm³/mol. The van der Waals surface area contributed by atoms with Crippen molar-refractivity contribution in [3.05, 3.63) is 36.7 Å². The van der Waals surface area contributed by atoms with Crippen LogP contribution in [0.15, 0.2) is 36.7 Å². The van der Waals surface area contributed by atoms with Gasteiger partial charge in [0.25, 0.3) is 0 Å². The number of carbonyl (C=O) groups excluding carboxylic acids is 1. The van der Waals surface area contributed by atoms with Crippen LogP contribution in [0.3, 0.4) is 0 Å². The summed E-state index contributed by atoms with van der Waals surface area (Å²) in [5, 5.41) is 2.15. The van der Waals surface area contributed by atoms with E-state index < -0.39 is 0 Å². The van der Waals surface area contributed by atoms with Gasteiger partial charge in [0.2, 0.25) is 5.91 Å². The number of pyridine rings is 1. The van der Waals surface area contributed by atoms with Crippen molar-refractivity contribution in [1.82, 2.24) is 4.98 Å². The molecule has 92 valence electrons. The topological polar surface area (TPSA) is 33.2 Å². The molecule has 3 rings (SSSR count). The van der Waals surface area contributed by atoms with E-state index in [4.69, 9.17) is 0 Å². The number of anilines is 1. The lowest BCUT2D eigenvalue weighted by molar-refractivity contribution is -0.117. The minimum Gasteiger partial charge on any atom is -0.311 e. The molecule has 1 amide bonds. The van der Waals surface area contributed by atoms with Gasteiger partial charge >= 0.3 is 0 Å². The van der Waals surface area contributed by atoms with Crippen LogP contribution in [0.5, 0.6) is 0 Å². The van der Waals surface area contributed by atoms with Gasteiger partial charge in [0.15, 0.2) is 0 Å². The maximum Gasteiger partial charge on any atom is 0.227 e. The lowest BCUT2D eigenvalue weighted by Crippen LogP contribution is -2.24. The van der Waals surface area contributed by atoms with Gasteiger partial charge in [-0.2, -0.15) is 12.6 Å². The van der Waals surface area contributed by atoms with Crippen LogP contribution in [0.25, 0.3) is 10.8 Å². The van der Waals surface area contributed by atoms with E-state index in [0.717, 1.165) is 28.8 Å². The maximum absolute atomic E-state index is 12.1. The summed E-state index contributed by atoms with van der Waals surface area (Å²) in [5.41, 5.74) is 0.967. The lowest BCUT2D eigenvalue weighted by Gasteiger charge is -2.18. The molecule has 0 saturated carbocycles. The van der Waals surface area contributed by atoms with Crippen LogP contribution in [0.1, 0.15) is 6.42 Å². The molecule has 18 heavy (non-hydrogen) atoms. The first-order valence-electron chi connectivity index (χ1n) is 6.03. The van der Waals surface area contributed by atoms with E-state index in [1.807, 2.05) is 35.4 Å². The molecule has 0 N–H and O–H groups in total. The average Bonchev–Trinajstić information content (AvgIpc) is 2.79. The number of rotatable bonds is 2. The van der Waals surface area contributed by atoms with Crippen molar-refractivity contribution in [2.45, 2.75) is 6.42 Å². The monoisotopic (exact) mass is 258 g/mol. The van der Waals surface area contributed by atoms with Crippen LogP contribution in [0.2, 0.25) is 0 Å². The smallest absolute Gasteiger partial charge is 0.227 e. The van der Waals surface area contributed by atoms with E-state index in [9.17, 15) is 4.79 Å². The van der Waals surface area contributed by atoms with Crippen LogP contribution in [-0.2, 0) is 4.79 Å². The molecule has 2 aromatic rings. The van der Waals surface area contributed by atoms with Gasteiger partial charge in [0, 0.05) is 30.7 Å². The first kappa shape index (κ1) is 11.5. The van der Waals surface area contributed by atoms with Crippen molar-refractivity contribution in [3.63, 3.8) is 0 Å². The molecule has 0 bridgehead atoms. The highest BCUT2D eigenvalue weighted by molar-refractivity contribution is 7.80. The molecule has 1 aromatic carbocycles. The molecule has 1 aliphatic heterocycles. The fourth-order valence-corrected chi connectivity index (χ4v) is 2.71. The summed E-state index contributed by atoms with van der Waals surface area (Å²) < 4.78 is 0. The highest BCUT2D eigenvalue weighted by atomic mass is 32.1. The van der Waals surface area contributed by atoms with Crippen LogP contribution in [0.4, 0.5) is 5.69 Å². The summed E-state index contributed by atoms with van der Waals surface area (Å²) in [7, 11) is 0. The summed E-state index contributed by atoms with van der Waals surface area (Å²) in [6.07, 6.45) is 4.20. The number of carbonyl (C=O) groups is 1. The van der Waals surface area contributed by atoms with Crippen LogP contribution >= 0.6 is 12.6 Å². The van der Waals surface area contributed by atoms with Crippen molar-refractivity contribution in [2.75, 3.05) is 17.2 Å². The molecule has 3 nitrogen and oxygen atoms in total. The third-order valence-electron chi connectivity index (χ3n) is 3.41. The zero-order valence-electron chi connectivity index (χ0n) is 9.91. The molecule has 0 radical (unpaired) electrons. The Labute approximate surface area is 111 Å². The highest BCUT2D eigenvalue weighted by Gasteiger charge is 2.30. The van der Waals surface area contributed by atoms with E-state index in [0.29, 0.717) is 12.3 Å². The molecular formula is C14H14N2OS. The zero-order valence-corrected chi connectivity index (χ0v) is 10.8. The first-order valence-corrected chi connectivity index (χ1v) is 6.67. The Morgan fingerprint density at radius 1 is 1.39 bits per heavy atom. The van der Waals surface area contributed by atoms with Crippen molar-refractivity contribution in [2.24, 2.45) is 5.92 Å². The van der Waals surface area contributed by atoms with Gasteiger partial charge in [-0.25, -0.2) is 0 Å².